The fourth-order valence-electron chi connectivity index (χ4n) is 6.31. The van der Waals surface area contributed by atoms with Gasteiger partial charge in [0.25, 0.3) is 0 Å². The highest BCUT2D eigenvalue weighted by Crippen LogP contribution is 2.57. The van der Waals surface area contributed by atoms with Crippen LogP contribution in [0.25, 0.3) is 0 Å². The Bertz CT molecular complexity index is 585. The molecule has 0 radical (unpaired) electrons. The smallest absolute Gasteiger partial charge is 0.311 e. The molecule has 1 saturated heterocycles. The first-order valence-corrected chi connectivity index (χ1v) is 10.3. The first kappa shape index (κ1) is 18.5. The molecule has 0 spiro atoms. The van der Waals surface area contributed by atoms with Crippen molar-refractivity contribution in [3.63, 3.8) is 0 Å². The third kappa shape index (κ3) is 2.83. The first-order chi connectivity index (χ1) is 12.6. The van der Waals surface area contributed by atoms with Crippen molar-refractivity contribution >= 4 is 5.97 Å². The molecular weight excluding hydrogens is 332 g/mol. The van der Waals surface area contributed by atoms with Crippen LogP contribution in [0.4, 0.5) is 0 Å². The molecule has 1 aliphatic heterocycles. The summed E-state index contributed by atoms with van der Waals surface area (Å²) < 4.78 is 17.4. The minimum atomic E-state index is -0.362. The molecule has 2 fully saturated rings. The summed E-state index contributed by atoms with van der Waals surface area (Å²) in [5, 5.41) is 10.7. The van der Waals surface area contributed by atoms with Gasteiger partial charge in [-0.05, 0) is 49.5 Å². The fourth-order valence-corrected chi connectivity index (χ4v) is 6.31. The molecular formula is C21H32O5. The highest BCUT2D eigenvalue weighted by molar-refractivity contribution is 5.75. The van der Waals surface area contributed by atoms with E-state index >= 15 is 0 Å². The van der Waals surface area contributed by atoms with Gasteiger partial charge in [0.1, 0.15) is 0 Å². The molecule has 0 aromatic heterocycles. The summed E-state index contributed by atoms with van der Waals surface area (Å²) in [4.78, 5) is 12.9. The van der Waals surface area contributed by atoms with Crippen molar-refractivity contribution in [2.75, 3.05) is 13.7 Å². The van der Waals surface area contributed by atoms with E-state index in [1.54, 1.807) is 0 Å². The molecule has 1 N–H and O–H groups in total. The van der Waals surface area contributed by atoms with Gasteiger partial charge in [0, 0.05) is 18.9 Å². The van der Waals surface area contributed by atoms with Crippen LogP contribution in [0.1, 0.15) is 52.4 Å². The lowest BCUT2D eigenvalue weighted by Gasteiger charge is -2.55. The standard InChI is InChI=1S/C21H32O5/c1-4-25-16-10-14-15(22)9-8-13-12-7-5-6-11(2)17(12)19(21(23)24-3)20(26-16)18(13)14/h11-12,14-17,19-20,22H,4-10H2,1-3H3/t11-,12-,14+,15-,16-,17+,19-,20+/m1/s1. The summed E-state index contributed by atoms with van der Waals surface area (Å²) in [6.45, 7) is 4.79. The maximum Gasteiger partial charge on any atom is 0.311 e. The maximum absolute atomic E-state index is 12.9. The van der Waals surface area contributed by atoms with Crippen molar-refractivity contribution in [3.8, 4) is 0 Å². The molecule has 0 aromatic rings. The Kier molecular flexibility index (Phi) is 5.15. The van der Waals surface area contributed by atoms with Gasteiger partial charge in [-0.1, -0.05) is 25.3 Å². The van der Waals surface area contributed by atoms with Crippen molar-refractivity contribution < 1.29 is 24.1 Å². The van der Waals surface area contributed by atoms with E-state index < -0.39 is 0 Å². The second-order valence-electron chi connectivity index (χ2n) is 8.51. The van der Waals surface area contributed by atoms with Crippen molar-refractivity contribution in [2.45, 2.75) is 70.9 Å². The van der Waals surface area contributed by atoms with Crippen LogP contribution in [-0.4, -0.2) is 43.3 Å². The van der Waals surface area contributed by atoms with Gasteiger partial charge >= 0.3 is 5.97 Å². The first-order valence-electron chi connectivity index (χ1n) is 10.3. The van der Waals surface area contributed by atoms with Gasteiger partial charge in [0.05, 0.1) is 25.2 Å². The molecule has 1 heterocycles. The molecule has 4 aliphatic rings. The van der Waals surface area contributed by atoms with Gasteiger partial charge in [-0.2, -0.15) is 0 Å². The number of rotatable bonds is 3. The second kappa shape index (κ2) is 7.25. The van der Waals surface area contributed by atoms with Crippen LogP contribution in [-0.2, 0) is 19.0 Å². The van der Waals surface area contributed by atoms with Gasteiger partial charge in [-0.15, -0.1) is 0 Å². The SMILES string of the molecule is CCO[C@H]1C[C@@H]2C3=C(CC[C@H]2O)[C@H]2CCC[C@@H](C)[C@@H]2[C@@H](C(=O)OC)[C@H]3O1. The van der Waals surface area contributed by atoms with Gasteiger partial charge in [-0.25, -0.2) is 0 Å². The molecule has 0 bridgehead atoms. The zero-order valence-corrected chi connectivity index (χ0v) is 16.1. The van der Waals surface area contributed by atoms with Crippen LogP contribution in [0.2, 0.25) is 0 Å². The number of carbonyl (C=O) groups excluding carboxylic acids is 1. The summed E-state index contributed by atoms with van der Waals surface area (Å²) in [6, 6.07) is 0. The Balaban J connectivity index is 1.80. The lowest BCUT2D eigenvalue weighted by atomic mass is 9.54. The Morgan fingerprint density at radius 2 is 2.08 bits per heavy atom. The summed E-state index contributed by atoms with van der Waals surface area (Å²) >= 11 is 0. The van der Waals surface area contributed by atoms with E-state index in [0.29, 0.717) is 24.9 Å². The van der Waals surface area contributed by atoms with Crippen molar-refractivity contribution in [3.05, 3.63) is 11.1 Å². The van der Waals surface area contributed by atoms with Crippen LogP contribution in [0.3, 0.4) is 0 Å². The number of aliphatic hydroxyl groups is 1. The molecule has 0 amide bonds. The lowest BCUT2D eigenvalue weighted by Crippen LogP contribution is -2.56. The Morgan fingerprint density at radius 3 is 2.81 bits per heavy atom. The number of aliphatic hydroxyl groups excluding tert-OH is 1. The molecule has 0 aromatic carbocycles. The molecule has 4 rings (SSSR count). The summed E-state index contributed by atoms with van der Waals surface area (Å²) in [7, 11) is 1.48. The van der Waals surface area contributed by atoms with Gasteiger partial charge < -0.3 is 19.3 Å². The van der Waals surface area contributed by atoms with Crippen LogP contribution in [0.15, 0.2) is 11.1 Å². The van der Waals surface area contributed by atoms with Crippen molar-refractivity contribution in [2.24, 2.45) is 29.6 Å². The van der Waals surface area contributed by atoms with Gasteiger partial charge in [0.2, 0.25) is 0 Å². The highest BCUT2D eigenvalue weighted by Gasteiger charge is 2.56. The Hall–Kier alpha value is -0.910. The molecule has 5 nitrogen and oxygen atoms in total. The zero-order chi connectivity index (χ0) is 18.4. The number of fused-ring (bicyclic) bond motifs is 2. The Labute approximate surface area is 156 Å². The molecule has 26 heavy (non-hydrogen) atoms. The third-order valence-electron chi connectivity index (χ3n) is 7.31. The molecule has 146 valence electrons. The molecule has 8 atom stereocenters. The molecule has 3 aliphatic carbocycles. The largest absolute Gasteiger partial charge is 0.469 e. The number of ether oxygens (including phenoxy) is 3. The number of methoxy groups -OCH3 is 1. The monoisotopic (exact) mass is 364 g/mol. The van der Waals surface area contributed by atoms with Gasteiger partial charge in [-0.3, -0.25) is 4.79 Å². The van der Waals surface area contributed by atoms with E-state index in [0.717, 1.165) is 25.7 Å². The van der Waals surface area contributed by atoms with E-state index in [-0.39, 0.29) is 42.2 Å². The van der Waals surface area contributed by atoms with E-state index in [2.05, 4.69) is 6.92 Å². The van der Waals surface area contributed by atoms with E-state index in [4.69, 9.17) is 14.2 Å². The Morgan fingerprint density at radius 1 is 1.27 bits per heavy atom. The number of allylic oxidation sites excluding steroid dienone is 1. The number of hydrogen-bond acceptors (Lipinski definition) is 5. The van der Waals surface area contributed by atoms with Crippen molar-refractivity contribution in [1.82, 2.24) is 0 Å². The quantitative estimate of drug-likeness (QED) is 0.616. The van der Waals surface area contributed by atoms with Gasteiger partial charge in [0.15, 0.2) is 6.29 Å². The number of esters is 1. The van der Waals surface area contributed by atoms with E-state index in [9.17, 15) is 9.90 Å². The summed E-state index contributed by atoms with van der Waals surface area (Å²) in [6.07, 6.45) is 4.94. The van der Waals surface area contributed by atoms with Crippen LogP contribution in [0, 0.1) is 29.6 Å². The third-order valence-corrected chi connectivity index (χ3v) is 7.31. The summed E-state index contributed by atoms with van der Waals surface area (Å²) in [5.41, 5.74) is 2.70. The average Bonchev–Trinajstić information content (AvgIpc) is 2.64. The maximum atomic E-state index is 12.9. The fraction of sp³-hybridized carbons (Fsp3) is 0.857. The lowest BCUT2D eigenvalue weighted by molar-refractivity contribution is -0.220. The molecule has 1 saturated carbocycles. The number of carbonyl (C=O) groups is 1. The minimum absolute atomic E-state index is 0.0550. The van der Waals surface area contributed by atoms with Crippen LogP contribution >= 0.6 is 0 Å². The van der Waals surface area contributed by atoms with E-state index in [1.807, 2.05) is 6.92 Å². The second-order valence-corrected chi connectivity index (χ2v) is 8.51. The normalized spacial score (nSPS) is 44.9. The predicted molar refractivity (Wildman–Crippen MR) is 96.2 cm³/mol. The molecule has 0 unspecified atom stereocenters. The zero-order valence-electron chi connectivity index (χ0n) is 16.1. The van der Waals surface area contributed by atoms with Crippen LogP contribution < -0.4 is 0 Å². The van der Waals surface area contributed by atoms with Crippen LogP contribution in [0.5, 0.6) is 0 Å². The topological polar surface area (TPSA) is 65.0 Å². The minimum Gasteiger partial charge on any atom is -0.469 e. The van der Waals surface area contributed by atoms with E-state index in [1.165, 1.54) is 24.7 Å². The summed E-state index contributed by atoms with van der Waals surface area (Å²) in [5.74, 6) is 0.802. The number of hydrogen-bond donors (Lipinski definition) is 1. The predicted octanol–water partition coefficient (Wildman–Crippen LogP) is 3.06. The highest BCUT2D eigenvalue weighted by atomic mass is 16.7. The molecule has 5 heteroatoms. The average molecular weight is 364 g/mol. The van der Waals surface area contributed by atoms with Crippen molar-refractivity contribution in [1.29, 1.82) is 0 Å².